The normalized spacial score (nSPS) is 38.1. The van der Waals surface area contributed by atoms with E-state index >= 15 is 0 Å². The third-order valence-corrected chi connectivity index (χ3v) is 3.79. The van der Waals surface area contributed by atoms with E-state index in [1.165, 1.54) is 51.9 Å². The number of nitrogens with one attached hydrogen (secondary N) is 1. The van der Waals surface area contributed by atoms with Crippen LogP contribution < -0.4 is 5.32 Å². The molecule has 1 atom stereocenters. The zero-order valence-electron chi connectivity index (χ0n) is 8.76. The molecular formula is C11H22N2. The van der Waals surface area contributed by atoms with Gasteiger partial charge in [-0.1, -0.05) is 0 Å². The molecule has 0 aromatic rings. The predicted octanol–water partition coefficient (Wildman–Crippen LogP) is 1.33. The van der Waals surface area contributed by atoms with Gasteiger partial charge in [-0.2, -0.15) is 0 Å². The van der Waals surface area contributed by atoms with Crippen molar-refractivity contribution in [3.63, 3.8) is 0 Å². The van der Waals surface area contributed by atoms with Gasteiger partial charge < -0.3 is 10.2 Å². The highest BCUT2D eigenvalue weighted by atomic mass is 15.1. The molecule has 0 aliphatic carbocycles. The lowest BCUT2D eigenvalue weighted by Crippen LogP contribution is -2.47. The van der Waals surface area contributed by atoms with Crippen LogP contribution in [0.5, 0.6) is 0 Å². The van der Waals surface area contributed by atoms with Gasteiger partial charge in [0, 0.05) is 6.54 Å². The van der Waals surface area contributed by atoms with Crippen LogP contribution in [0.25, 0.3) is 0 Å². The van der Waals surface area contributed by atoms with Crippen molar-refractivity contribution in [2.75, 3.05) is 33.2 Å². The number of hydrogen-bond donors (Lipinski definition) is 1. The van der Waals surface area contributed by atoms with Crippen molar-refractivity contribution >= 4 is 0 Å². The molecule has 0 aromatic carbocycles. The highest BCUT2D eigenvalue weighted by molar-refractivity contribution is 4.86. The summed E-state index contributed by atoms with van der Waals surface area (Å²) in [5, 5.41) is 3.24. The van der Waals surface area contributed by atoms with E-state index in [0.29, 0.717) is 0 Å². The molecule has 1 N–H and O–H groups in total. The van der Waals surface area contributed by atoms with Gasteiger partial charge >= 0.3 is 0 Å². The van der Waals surface area contributed by atoms with Crippen molar-refractivity contribution in [2.24, 2.45) is 11.8 Å². The third kappa shape index (κ3) is 2.23. The number of nitrogens with zero attached hydrogens (tertiary/aromatic N) is 1. The van der Waals surface area contributed by atoms with Gasteiger partial charge in [0.2, 0.25) is 0 Å². The van der Waals surface area contributed by atoms with E-state index in [0.717, 1.165) is 11.8 Å². The van der Waals surface area contributed by atoms with Crippen LogP contribution >= 0.6 is 0 Å². The van der Waals surface area contributed by atoms with E-state index in [-0.39, 0.29) is 0 Å². The summed E-state index contributed by atoms with van der Waals surface area (Å²) in [6.07, 6.45) is 5.77. The Hall–Kier alpha value is -0.0800. The fourth-order valence-corrected chi connectivity index (χ4v) is 2.96. The summed E-state index contributed by atoms with van der Waals surface area (Å²) in [5.74, 6) is 2.10. The van der Waals surface area contributed by atoms with Gasteiger partial charge in [0.15, 0.2) is 0 Å². The molecule has 2 bridgehead atoms. The quantitative estimate of drug-likeness (QED) is 0.660. The molecule has 2 heteroatoms. The minimum absolute atomic E-state index is 1.02. The van der Waals surface area contributed by atoms with Crippen molar-refractivity contribution in [2.45, 2.75) is 25.7 Å². The van der Waals surface area contributed by atoms with Crippen LogP contribution in [0, 0.1) is 11.8 Å². The molecule has 0 radical (unpaired) electrons. The molecule has 13 heavy (non-hydrogen) atoms. The SMILES string of the molecule is CNCCCC1CN2CCC1CC2. The van der Waals surface area contributed by atoms with E-state index in [9.17, 15) is 0 Å². The number of piperidine rings is 3. The smallest absolute Gasteiger partial charge is 0.00123 e. The van der Waals surface area contributed by atoms with Crippen molar-refractivity contribution < 1.29 is 0 Å². The largest absolute Gasteiger partial charge is 0.320 e. The second kappa shape index (κ2) is 4.43. The summed E-state index contributed by atoms with van der Waals surface area (Å²) < 4.78 is 0. The molecule has 3 aliphatic rings. The Morgan fingerprint density at radius 3 is 2.62 bits per heavy atom. The zero-order valence-corrected chi connectivity index (χ0v) is 8.76. The van der Waals surface area contributed by atoms with Crippen LogP contribution in [0.3, 0.4) is 0 Å². The Morgan fingerprint density at radius 2 is 2.08 bits per heavy atom. The fraction of sp³-hybridized carbons (Fsp3) is 1.00. The van der Waals surface area contributed by atoms with Crippen molar-refractivity contribution in [3.8, 4) is 0 Å². The van der Waals surface area contributed by atoms with Crippen LogP contribution in [-0.4, -0.2) is 38.1 Å². The van der Waals surface area contributed by atoms with Gasteiger partial charge in [-0.25, -0.2) is 0 Å². The molecule has 3 aliphatic heterocycles. The summed E-state index contributed by atoms with van der Waals surface area (Å²) in [6.45, 7) is 5.36. The number of fused-ring (bicyclic) bond motifs is 3. The number of hydrogen-bond acceptors (Lipinski definition) is 2. The Bertz CT molecular complexity index is 150. The monoisotopic (exact) mass is 182 g/mol. The average Bonchev–Trinajstić information content (AvgIpc) is 2.20. The lowest BCUT2D eigenvalue weighted by atomic mass is 9.77. The first-order chi connectivity index (χ1) is 6.40. The molecule has 3 heterocycles. The standard InChI is InChI=1S/C11H22N2/c1-12-6-2-3-11-9-13-7-4-10(11)5-8-13/h10-12H,2-9H2,1H3. The first kappa shape index (κ1) is 9.47. The maximum absolute atomic E-state index is 3.24. The predicted molar refractivity (Wildman–Crippen MR) is 55.8 cm³/mol. The van der Waals surface area contributed by atoms with Crippen LogP contribution in [0.2, 0.25) is 0 Å². The van der Waals surface area contributed by atoms with E-state index in [1.807, 2.05) is 0 Å². The maximum atomic E-state index is 3.24. The van der Waals surface area contributed by atoms with Crippen molar-refractivity contribution in [1.29, 1.82) is 0 Å². The third-order valence-electron chi connectivity index (χ3n) is 3.79. The van der Waals surface area contributed by atoms with Crippen molar-refractivity contribution in [1.82, 2.24) is 10.2 Å². The highest BCUT2D eigenvalue weighted by Gasteiger charge is 2.33. The molecule has 0 spiro atoms. The second-order valence-electron chi connectivity index (χ2n) is 4.64. The summed E-state index contributed by atoms with van der Waals surface area (Å²) >= 11 is 0. The van der Waals surface area contributed by atoms with E-state index in [4.69, 9.17) is 0 Å². The maximum Gasteiger partial charge on any atom is 0.00123 e. The molecule has 0 saturated carbocycles. The van der Waals surface area contributed by atoms with E-state index < -0.39 is 0 Å². The first-order valence-corrected chi connectivity index (χ1v) is 5.77. The molecule has 3 saturated heterocycles. The van der Waals surface area contributed by atoms with Crippen molar-refractivity contribution in [3.05, 3.63) is 0 Å². The van der Waals surface area contributed by atoms with Gasteiger partial charge in [-0.3, -0.25) is 0 Å². The minimum Gasteiger partial charge on any atom is -0.320 e. The molecular weight excluding hydrogens is 160 g/mol. The second-order valence-corrected chi connectivity index (χ2v) is 4.64. The molecule has 3 rings (SSSR count). The van der Waals surface area contributed by atoms with Crippen LogP contribution in [0.15, 0.2) is 0 Å². The zero-order chi connectivity index (χ0) is 9.10. The Labute approximate surface area is 81.7 Å². The van der Waals surface area contributed by atoms with Crippen LogP contribution in [-0.2, 0) is 0 Å². The molecule has 76 valence electrons. The van der Waals surface area contributed by atoms with E-state index in [2.05, 4.69) is 17.3 Å². The summed E-state index contributed by atoms with van der Waals surface area (Å²) in [4.78, 5) is 2.66. The topological polar surface area (TPSA) is 15.3 Å². The highest BCUT2D eigenvalue weighted by Crippen LogP contribution is 2.34. The molecule has 3 fully saturated rings. The lowest BCUT2D eigenvalue weighted by molar-refractivity contribution is 0.0459. The summed E-state index contributed by atoms with van der Waals surface area (Å²) in [6, 6.07) is 0. The lowest BCUT2D eigenvalue weighted by Gasteiger charge is -2.45. The van der Waals surface area contributed by atoms with Gasteiger partial charge in [-0.15, -0.1) is 0 Å². The van der Waals surface area contributed by atoms with Gasteiger partial charge in [0.25, 0.3) is 0 Å². The first-order valence-electron chi connectivity index (χ1n) is 5.77. The summed E-state index contributed by atoms with van der Waals surface area (Å²) in [5.41, 5.74) is 0. The average molecular weight is 182 g/mol. The molecule has 2 nitrogen and oxygen atoms in total. The Morgan fingerprint density at radius 1 is 1.31 bits per heavy atom. The fourth-order valence-electron chi connectivity index (χ4n) is 2.96. The minimum atomic E-state index is 1.02. The Balaban J connectivity index is 1.74. The molecule has 0 aromatic heterocycles. The Kier molecular flexibility index (Phi) is 3.23. The van der Waals surface area contributed by atoms with Crippen LogP contribution in [0.4, 0.5) is 0 Å². The molecule has 1 unspecified atom stereocenters. The van der Waals surface area contributed by atoms with Crippen LogP contribution in [0.1, 0.15) is 25.7 Å². The van der Waals surface area contributed by atoms with E-state index in [1.54, 1.807) is 0 Å². The number of rotatable bonds is 4. The van der Waals surface area contributed by atoms with Gasteiger partial charge in [-0.05, 0) is 64.2 Å². The van der Waals surface area contributed by atoms with Gasteiger partial charge in [0.05, 0.1) is 0 Å². The molecule has 0 amide bonds. The summed E-state index contributed by atoms with van der Waals surface area (Å²) in [7, 11) is 2.05. The van der Waals surface area contributed by atoms with Gasteiger partial charge in [0.1, 0.15) is 0 Å².